The predicted octanol–water partition coefficient (Wildman–Crippen LogP) is 2.06. The van der Waals surface area contributed by atoms with Crippen LogP contribution in [0.4, 0.5) is 0 Å². The lowest BCUT2D eigenvalue weighted by Gasteiger charge is -2.33. The first-order valence-electron chi connectivity index (χ1n) is 7.23. The van der Waals surface area contributed by atoms with Gasteiger partial charge in [0.25, 0.3) is 0 Å². The molecule has 4 heteroatoms. The van der Waals surface area contributed by atoms with Crippen molar-refractivity contribution in [3.05, 3.63) is 35.9 Å². The van der Waals surface area contributed by atoms with Crippen LogP contribution in [0.1, 0.15) is 24.9 Å². The first kappa shape index (κ1) is 17.1. The van der Waals surface area contributed by atoms with Crippen LogP contribution in [-0.2, 0) is 9.47 Å². The fourth-order valence-electron chi connectivity index (χ4n) is 2.32. The van der Waals surface area contributed by atoms with Gasteiger partial charge in [-0.3, -0.25) is 4.90 Å². The highest BCUT2D eigenvalue weighted by Crippen LogP contribution is 2.18. The van der Waals surface area contributed by atoms with Crippen LogP contribution >= 0.6 is 0 Å². The van der Waals surface area contributed by atoms with E-state index in [1.165, 1.54) is 5.56 Å². The van der Waals surface area contributed by atoms with Gasteiger partial charge in [0, 0.05) is 46.0 Å². The molecular weight excluding hydrogens is 252 g/mol. The van der Waals surface area contributed by atoms with E-state index in [2.05, 4.69) is 24.0 Å². The second kappa shape index (κ2) is 9.88. The van der Waals surface area contributed by atoms with E-state index in [1.807, 2.05) is 18.2 Å². The van der Waals surface area contributed by atoms with Gasteiger partial charge in [-0.2, -0.15) is 0 Å². The van der Waals surface area contributed by atoms with Crippen LogP contribution in [0.5, 0.6) is 0 Å². The molecule has 0 radical (unpaired) electrons. The van der Waals surface area contributed by atoms with Gasteiger partial charge in [0.05, 0.1) is 6.61 Å². The Kier molecular flexibility index (Phi) is 8.46. The van der Waals surface area contributed by atoms with Crippen LogP contribution in [0.3, 0.4) is 0 Å². The largest absolute Gasteiger partial charge is 0.385 e. The molecule has 0 heterocycles. The summed E-state index contributed by atoms with van der Waals surface area (Å²) >= 11 is 0. The van der Waals surface area contributed by atoms with Gasteiger partial charge in [-0.1, -0.05) is 30.3 Å². The molecule has 1 aromatic rings. The second-order valence-corrected chi connectivity index (χ2v) is 5.05. The van der Waals surface area contributed by atoms with Crippen LogP contribution in [-0.4, -0.2) is 51.5 Å². The van der Waals surface area contributed by atoms with E-state index >= 15 is 0 Å². The monoisotopic (exact) mass is 280 g/mol. The summed E-state index contributed by atoms with van der Waals surface area (Å²) in [5, 5.41) is 0. The highest BCUT2D eigenvalue weighted by molar-refractivity contribution is 5.19. The zero-order valence-electron chi connectivity index (χ0n) is 12.9. The summed E-state index contributed by atoms with van der Waals surface area (Å²) in [6, 6.07) is 10.5. The standard InChI is InChI=1S/C16H28N2O2/c1-14(16(17)15-8-5-4-6-9-15)18(11-13-20-3)10-7-12-19-2/h4-6,8-9,14,16H,7,10-13,17H2,1-3H3. The quantitative estimate of drug-likeness (QED) is 0.667. The van der Waals surface area contributed by atoms with E-state index in [4.69, 9.17) is 15.2 Å². The molecule has 0 spiro atoms. The van der Waals surface area contributed by atoms with Crippen molar-refractivity contribution in [1.82, 2.24) is 4.90 Å². The summed E-state index contributed by atoms with van der Waals surface area (Å²) in [5.41, 5.74) is 7.58. The fourth-order valence-corrected chi connectivity index (χ4v) is 2.32. The highest BCUT2D eigenvalue weighted by Gasteiger charge is 2.21. The first-order valence-corrected chi connectivity index (χ1v) is 7.23. The highest BCUT2D eigenvalue weighted by atomic mass is 16.5. The smallest absolute Gasteiger partial charge is 0.0589 e. The maximum atomic E-state index is 6.40. The molecule has 114 valence electrons. The number of methoxy groups -OCH3 is 2. The zero-order chi connectivity index (χ0) is 14.8. The Morgan fingerprint density at radius 3 is 2.30 bits per heavy atom. The van der Waals surface area contributed by atoms with Crippen molar-refractivity contribution in [2.45, 2.75) is 25.4 Å². The topological polar surface area (TPSA) is 47.7 Å². The van der Waals surface area contributed by atoms with E-state index in [9.17, 15) is 0 Å². The molecule has 2 unspecified atom stereocenters. The molecule has 1 rings (SSSR count). The molecular formula is C16H28N2O2. The SMILES string of the molecule is COCCCN(CCOC)C(C)C(N)c1ccccc1. The summed E-state index contributed by atoms with van der Waals surface area (Å²) < 4.78 is 10.3. The number of nitrogens with zero attached hydrogens (tertiary/aromatic N) is 1. The molecule has 0 saturated carbocycles. The number of hydrogen-bond acceptors (Lipinski definition) is 4. The second-order valence-electron chi connectivity index (χ2n) is 5.05. The normalized spacial score (nSPS) is 14.4. The zero-order valence-corrected chi connectivity index (χ0v) is 12.9. The fraction of sp³-hybridized carbons (Fsp3) is 0.625. The van der Waals surface area contributed by atoms with Crippen molar-refractivity contribution in [2.75, 3.05) is 40.5 Å². The molecule has 0 aliphatic rings. The molecule has 0 aromatic heterocycles. The Balaban J connectivity index is 2.62. The van der Waals surface area contributed by atoms with E-state index in [0.29, 0.717) is 0 Å². The molecule has 2 N–H and O–H groups in total. The van der Waals surface area contributed by atoms with E-state index < -0.39 is 0 Å². The lowest BCUT2D eigenvalue weighted by Crippen LogP contribution is -2.43. The number of hydrogen-bond donors (Lipinski definition) is 1. The molecule has 20 heavy (non-hydrogen) atoms. The van der Waals surface area contributed by atoms with Crippen LogP contribution in [0.25, 0.3) is 0 Å². The van der Waals surface area contributed by atoms with E-state index in [-0.39, 0.29) is 12.1 Å². The summed E-state index contributed by atoms with van der Waals surface area (Å²) in [7, 11) is 3.47. The minimum Gasteiger partial charge on any atom is -0.385 e. The van der Waals surface area contributed by atoms with Crippen molar-refractivity contribution in [3.63, 3.8) is 0 Å². The molecule has 1 aromatic carbocycles. The maximum absolute atomic E-state index is 6.40. The molecule has 2 atom stereocenters. The number of nitrogens with two attached hydrogens (primary N) is 1. The predicted molar refractivity (Wildman–Crippen MR) is 82.8 cm³/mol. The summed E-state index contributed by atoms with van der Waals surface area (Å²) in [5.74, 6) is 0. The van der Waals surface area contributed by atoms with Gasteiger partial charge in [-0.05, 0) is 18.9 Å². The third-order valence-corrected chi connectivity index (χ3v) is 3.66. The molecule has 0 amide bonds. The lowest BCUT2D eigenvalue weighted by molar-refractivity contribution is 0.102. The first-order chi connectivity index (χ1) is 9.70. The van der Waals surface area contributed by atoms with E-state index in [1.54, 1.807) is 14.2 Å². The maximum Gasteiger partial charge on any atom is 0.0589 e. The van der Waals surface area contributed by atoms with Crippen LogP contribution < -0.4 is 5.73 Å². The van der Waals surface area contributed by atoms with Crippen molar-refractivity contribution in [1.29, 1.82) is 0 Å². The Morgan fingerprint density at radius 1 is 1.05 bits per heavy atom. The average Bonchev–Trinajstić information content (AvgIpc) is 2.50. The van der Waals surface area contributed by atoms with Gasteiger partial charge in [-0.15, -0.1) is 0 Å². The molecule has 0 aliphatic heterocycles. The molecule has 0 bridgehead atoms. The average molecular weight is 280 g/mol. The summed E-state index contributed by atoms with van der Waals surface area (Å²) in [6.07, 6.45) is 1.01. The van der Waals surface area contributed by atoms with Crippen molar-refractivity contribution in [2.24, 2.45) is 5.73 Å². The number of ether oxygens (including phenoxy) is 2. The molecule has 4 nitrogen and oxygen atoms in total. The van der Waals surface area contributed by atoms with Gasteiger partial charge in [0.15, 0.2) is 0 Å². The minimum atomic E-state index is 0.00982. The van der Waals surface area contributed by atoms with Crippen molar-refractivity contribution < 1.29 is 9.47 Å². The van der Waals surface area contributed by atoms with Crippen molar-refractivity contribution in [3.8, 4) is 0 Å². The Bertz CT molecular complexity index is 346. The van der Waals surface area contributed by atoms with Gasteiger partial charge in [-0.25, -0.2) is 0 Å². The van der Waals surface area contributed by atoms with E-state index in [0.717, 1.165) is 32.7 Å². The van der Waals surface area contributed by atoms with Gasteiger partial charge in [0.2, 0.25) is 0 Å². The van der Waals surface area contributed by atoms with Gasteiger partial charge < -0.3 is 15.2 Å². The lowest BCUT2D eigenvalue weighted by atomic mass is 10.00. The number of benzene rings is 1. The summed E-state index contributed by atoms with van der Waals surface area (Å²) in [6.45, 7) is 5.54. The van der Waals surface area contributed by atoms with Gasteiger partial charge in [0.1, 0.15) is 0 Å². The third-order valence-electron chi connectivity index (χ3n) is 3.66. The molecule has 0 saturated heterocycles. The Morgan fingerprint density at radius 2 is 1.70 bits per heavy atom. The Hall–Kier alpha value is -0.940. The molecule has 0 fully saturated rings. The van der Waals surface area contributed by atoms with Crippen LogP contribution in [0.15, 0.2) is 30.3 Å². The Labute approximate surface area is 122 Å². The third kappa shape index (κ3) is 5.59. The van der Waals surface area contributed by atoms with Crippen LogP contribution in [0.2, 0.25) is 0 Å². The van der Waals surface area contributed by atoms with Crippen molar-refractivity contribution >= 4 is 0 Å². The minimum absolute atomic E-state index is 0.00982. The van der Waals surface area contributed by atoms with Crippen LogP contribution in [0, 0.1) is 0 Å². The number of rotatable bonds is 10. The van der Waals surface area contributed by atoms with Gasteiger partial charge >= 0.3 is 0 Å². The molecule has 0 aliphatic carbocycles. The summed E-state index contributed by atoms with van der Waals surface area (Å²) in [4.78, 5) is 2.38.